The highest BCUT2D eigenvalue weighted by Crippen LogP contribution is 2.44. The van der Waals surface area contributed by atoms with Gasteiger partial charge in [-0.15, -0.1) is 11.6 Å². The van der Waals surface area contributed by atoms with Crippen LogP contribution in [-0.4, -0.2) is 22.4 Å². The van der Waals surface area contributed by atoms with Crippen LogP contribution in [0.1, 0.15) is 38.2 Å². The lowest BCUT2D eigenvalue weighted by Crippen LogP contribution is -2.43. The minimum atomic E-state index is -0.798. The van der Waals surface area contributed by atoms with E-state index in [4.69, 9.17) is 21.4 Å². The highest BCUT2D eigenvalue weighted by atomic mass is 35.5. The van der Waals surface area contributed by atoms with Crippen molar-refractivity contribution in [3.8, 4) is 0 Å². The van der Waals surface area contributed by atoms with Crippen molar-refractivity contribution in [2.45, 2.75) is 44.6 Å². The van der Waals surface area contributed by atoms with Crippen LogP contribution in [0.15, 0.2) is 30.3 Å². The summed E-state index contributed by atoms with van der Waals surface area (Å²) in [6, 6.07) is 9.47. The molecule has 0 aliphatic heterocycles. The van der Waals surface area contributed by atoms with Crippen molar-refractivity contribution < 1.29 is 19.4 Å². The average molecular weight is 325 g/mol. The molecule has 2 rings (SSSR count). The summed E-state index contributed by atoms with van der Waals surface area (Å²) in [4.78, 5) is 23.6. The number of benzene rings is 1. The molecule has 0 radical (unpaired) electrons. The second-order valence-corrected chi connectivity index (χ2v) is 6.60. The van der Waals surface area contributed by atoms with Gasteiger partial charge >= 0.3 is 11.9 Å². The molecule has 22 heavy (non-hydrogen) atoms. The van der Waals surface area contributed by atoms with Crippen LogP contribution in [0.3, 0.4) is 0 Å². The number of hydrogen-bond donors (Lipinski definition) is 1. The van der Waals surface area contributed by atoms with E-state index >= 15 is 0 Å². The maximum Gasteiger partial charge on any atom is 0.313 e. The number of alkyl halides is 1. The predicted octanol–water partition coefficient (Wildman–Crippen LogP) is 3.62. The van der Waals surface area contributed by atoms with Crippen LogP contribution in [0.5, 0.6) is 0 Å². The number of carboxylic acid groups (broad SMARTS) is 1. The molecule has 1 fully saturated rings. The lowest BCUT2D eigenvalue weighted by molar-refractivity contribution is -0.162. The second kappa shape index (κ2) is 7.14. The van der Waals surface area contributed by atoms with Crippen LogP contribution in [-0.2, 0) is 20.9 Å². The number of halogens is 1. The van der Waals surface area contributed by atoms with Crippen LogP contribution >= 0.6 is 11.6 Å². The summed E-state index contributed by atoms with van der Waals surface area (Å²) in [5.74, 6) is -1.50. The fraction of sp³-hybridized carbons (Fsp3) is 0.529. The molecule has 1 saturated carbocycles. The molecule has 1 N–H and O–H groups in total. The molecule has 0 spiro atoms. The Morgan fingerprint density at radius 3 is 2.41 bits per heavy atom. The zero-order chi connectivity index (χ0) is 16.2. The van der Waals surface area contributed by atoms with Crippen molar-refractivity contribution in [2.24, 2.45) is 11.3 Å². The minimum Gasteiger partial charge on any atom is -0.481 e. The van der Waals surface area contributed by atoms with Crippen molar-refractivity contribution in [3.63, 3.8) is 0 Å². The number of esters is 1. The summed E-state index contributed by atoms with van der Waals surface area (Å²) in [5, 5.41) is 8.70. The number of hydrogen-bond acceptors (Lipinski definition) is 3. The average Bonchev–Trinajstić information content (AvgIpc) is 2.53. The summed E-state index contributed by atoms with van der Waals surface area (Å²) >= 11 is 6.27. The van der Waals surface area contributed by atoms with Crippen LogP contribution in [0, 0.1) is 11.3 Å². The molecule has 4 nitrogen and oxygen atoms in total. The molecule has 5 heteroatoms. The van der Waals surface area contributed by atoms with Gasteiger partial charge in [0, 0.05) is 5.38 Å². The molecule has 0 unspecified atom stereocenters. The Labute approximate surface area is 135 Å². The zero-order valence-corrected chi connectivity index (χ0v) is 13.4. The lowest BCUT2D eigenvalue weighted by Gasteiger charge is -2.38. The van der Waals surface area contributed by atoms with E-state index in [9.17, 15) is 9.59 Å². The Morgan fingerprint density at radius 2 is 1.91 bits per heavy atom. The lowest BCUT2D eigenvalue weighted by atomic mass is 9.68. The minimum absolute atomic E-state index is 0.216. The Balaban J connectivity index is 2.02. The van der Waals surface area contributed by atoms with E-state index in [2.05, 4.69) is 0 Å². The molecule has 1 aromatic carbocycles. The summed E-state index contributed by atoms with van der Waals surface area (Å²) in [6.07, 6.45) is 1.85. The van der Waals surface area contributed by atoms with Gasteiger partial charge in [-0.1, -0.05) is 30.3 Å². The molecule has 0 saturated heterocycles. The summed E-state index contributed by atoms with van der Waals surface area (Å²) < 4.78 is 5.46. The summed E-state index contributed by atoms with van der Waals surface area (Å²) in [6.45, 7) is 2.00. The van der Waals surface area contributed by atoms with Gasteiger partial charge in [0.25, 0.3) is 0 Å². The van der Waals surface area contributed by atoms with E-state index in [1.54, 1.807) is 6.92 Å². The standard InChI is InChI=1S/C17H21ClO4/c1-12(18)17(9-7-14(8-10-17)15(19)20)16(21)22-11-13-5-3-2-4-6-13/h2-6,12,14H,7-11H2,1H3,(H,19,20)/t12-,14-,17-/m0/s1. The molecule has 120 valence electrons. The first kappa shape index (κ1) is 16.8. The Bertz CT molecular complexity index is 519. The van der Waals surface area contributed by atoms with E-state index in [1.165, 1.54) is 0 Å². The third kappa shape index (κ3) is 3.61. The highest BCUT2D eigenvalue weighted by Gasteiger charge is 2.47. The van der Waals surface area contributed by atoms with E-state index in [0.29, 0.717) is 25.7 Å². The number of carbonyl (C=O) groups is 2. The van der Waals surface area contributed by atoms with Gasteiger partial charge in [0.05, 0.1) is 11.3 Å². The van der Waals surface area contributed by atoms with Gasteiger partial charge < -0.3 is 9.84 Å². The smallest absolute Gasteiger partial charge is 0.313 e. The first-order valence-electron chi connectivity index (χ1n) is 7.54. The van der Waals surface area contributed by atoms with E-state index in [0.717, 1.165) is 5.56 Å². The molecular formula is C17H21ClO4. The Hall–Kier alpha value is -1.55. The fourth-order valence-electron chi connectivity index (χ4n) is 3.01. The van der Waals surface area contributed by atoms with Gasteiger partial charge in [-0.25, -0.2) is 0 Å². The molecule has 1 atom stereocenters. The molecular weight excluding hydrogens is 304 g/mol. The van der Waals surface area contributed by atoms with Crippen molar-refractivity contribution in [3.05, 3.63) is 35.9 Å². The monoisotopic (exact) mass is 324 g/mol. The van der Waals surface area contributed by atoms with Gasteiger partial charge in [0.1, 0.15) is 6.61 Å². The summed E-state index contributed by atoms with van der Waals surface area (Å²) in [7, 11) is 0. The quantitative estimate of drug-likeness (QED) is 0.663. The Morgan fingerprint density at radius 1 is 1.32 bits per heavy atom. The van der Waals surface area contributed by atoms with Crippen molar-refractivity contribution in [2.75, 3.05) is 0 Å². The molecule has 1 aromatic rings. The van der Waals surface area contributed by atoms with Crippen LogP contribution < -0.4 is 0 Å². The second-order valence-electron chi connectivity index (χ2n) is 5.95. The first-order valence-corrected chi connectivity index (χ1v) is 7.97. The van der Waals surface area contributed by atoms with Gasteiger partial charge in [0.2, 0.25) is 0 Å². The molecule has 0 aromatic heterocycles. The summed E-state index contributed by atoms with van der Waals surface area (Å²) in [5.41, 5.74) is 0.148. The van der Waals surface area contributed by atoms with Crippen molar-refractivity contribution in [1.29, 1.82) is 0 Å². The topological polar surface area (TPSA) is 63.6 Å². The fourth-order valence-corrected chi connectivity index (χ4v) is 3.32. The number of ether oxygens (including phenoxy) is 1. The maximum absolute atomic E-state index is 12.6. The molecule has 1 aliphatic rings. The Kier molecular flexibility index (Phi) is 5.46. The van der Waals surface area contributed by atoms with E-state index in [1.807, 2.05) is 30.3 Å². The number of rotatable bonds is 5. The van der Waals surface area contributed by atoms with Crippen LogP contribution in [0.2, 0.25) is 0 Å². The van der Waals surface area contributed by atoms with Crippen LogP contribution in [0.4, 0.5) is 0 Å². The largest absolute Gasteiger partial charge is 0.481 e. The van der Waals surface area contributed by atoms with Crippen LogP contribution in [0.25, 0.3) is 0 Å². The normalized spacial score (nSPS) is 26.2. The van der Waals surface area contributed by atoms with Gasteiger partial charge in [0.15, 0.2) is 0 Å². The number of aliphatic carboxylic acids is 1. The van der Waals surface area contributed by atoms with Gasteiger partial charge in [-0.3, -0.25) is 9.59 Å². The van der Waals surface area contributed by atoms with E-state index in [-0.39, 0.29) is 23.9 Å². The van der Waals surface area contributed by atoms with Crippen molar-refractivity contribution in [1.82, 2.24) is 0 Å². The highest BCUT2D eigenvalue weighted by molar-refractivity contribution is 6.22. The third-order valence-corrected chi connectivity index (χ3v) is 5.03. The van der Waals surface area contributed by atoms with E-state index < -0.39 is 11.4 Å². The zero-order valence-electron chi connectivity index (χ0n) is 12.6. The number of carboxylic acids is 1. The molecule has 0 amide bonds. The first-order chi connectivity index (χ1) is 10.5. The predicted molar refractivity (Wildman–Crippen MR) is 83.6 cm³/mol. The number of carbonyl (C=O) groups excluding carboxylic acids is 1. The van der Waals surface area contributed by atoms with Crippen molar-refractivity contribution >= 4 is 23.5 Å². The third-order valence-electron chi connectivity index (χ3n) is 4.61. The maximum atomic E-state index is 12.6. The SMILES string of the molecule is C[C@H](Cl)[C@]1(C(=O)OCc2ccccc2)CC[C@H](C(=O)O)CC1. The molecule has 0 bridgehead atoms. The van der Waals surface area contributed by atoms with Gasteiger partial charge in [-0.05, 0) is 38.2 Å². The van der Waals surface area contributed by atoms with Gasteiger partial charge in [-0.2, -0.15) is 0 Å². The molecule has 1 aliphatic carbocycles. The molecule has 0 heterocycles.